The van der Waals surface area contributed by atoms with Gasteiger partial charge in [-0.05, 0) is 53.8 Å². The predicted octanol–water partition coefficient (Wildman–Crippen LogP) is 4.75. The highest BCUT2D eigenvalue weighted by Gasteiger charge is 2.23. The first kappa shape index (κ1) is 13.5. The maximum absolute atomic E-state index is 5.07. The van der Waals surface area contributed by atoms with E-state index in [1.54, 1.807) is 11.6 Å². The average Bonchev–Trinajstić information content (AvgIpc) is 2.40. The average molecular weight is 283 g/mol. The molecular weight excluding hydrogens is 265 g/mol. The van der Waals surface area contributed by atoms with Crippen LogP contribution in [0, 0.1) is 0 Å². The van der Waals surface area contributed by atoms with Crippen LogP contribution in [-0.2, 0) is 18.2 Å². The van der Waals surface area contributed by atoms with Gasteiger partial charge in [0, 0.05) is 12.6 Å². The summed E-state index contributed by atoms with van der Waals surface area (Å²) in [7, 11) is 0. The lowest BCUT2D eigenvalue weighted by Crippen LogP contribution is -2.26. The Labute approximate surface area is 115 Å². The zero-order valence-electron chi connectivity index (χ0n) is 10.1. The van der Waals surface area contributed by atoms with Crippen molar-refractivity contribution in [3.63, 3.8) is 0 Å². The number of rotatable bonds is 4. The highest BCUT2D eigenvalue weighted by molar-refractivity contribution is 8.56. The van der Waals surface area contributed by atoms with Gasteiger partial charge in [-0.25, -0.2) is 4.31 Å². The molecule has 0 aromatic heterocycles. The lowest BCUT2D eigenvalue weighted by Gasteiger charge is -2.33. The molecule has 0 N–H and O–H groups in total. The minimum Gasteiger partial charge on any atom is -0.235 e. The molecule has 0 bridgehead atoms. The van der Waals surface area contributed by atoms with Gasteiger partial charge in [0.1, 0.15) is 0 Å². The molecule has 4 heteroatoms. The standard InChI is InChI=1S/C13H18NPS2/c1-2-11-6-8-12(9-7-11)13-5-3-4-10-14(13)17-15-16/h6-9,13H,2-5,10H2,1H3. The fraction of sp³-hybridized carbons (Fsp3) is 0.538. The third kappa shape index (κ3) is 3.51. The Hall–Kier alpha value is 0.0500. The van der Waals surface area contributed by atoms with Crippen molar-refractivity contribution in [3.05, 3.63) is 35.4 Å². The highest BCUT2D eigenvalue weighted by atomic mass is 32.9. The molecule has 0 saturated carbocycles. The summed E-state index contributed by atoms with van der Waals surface area (Å²) in [6.07, 6.45) is 5.03. The molecule has 1 aromatic rings. The predicted molar refractivity (Wildman–Crippen MR) is 81.0 cm³/mol. The third-order valence-electron chi connectivity index (χ3n) is 3.36. The topological polar surface area (TPSA) is 3.24 Å². The van der Waals surface area contributed by atoms with Crippen molar-refractivity contribution in [2.75, 3.05) is 6.54 Å². The van der Waals surface area contributed by atoms with Crippen LogP contribution in [-0.4, -0.2) is 10.8 Å². The van der Waals surface area contributed by atoms with Gasteiger partial charge in [0.15, 0.2) is 0 Å². The van der Waals surface area contributed by atoms with Crippen molar-refractivity contribution in [1.29, 1.82) is 0 Å². The van der Waals surface area contributed by atoms with Gasteiger partial charge in [-0.3, -0.25) is 0 Å². The minimum atomic E-state index is 0.565. The molecule has 1 saturated heterocycles. The lowest BCUT2D eigenvalue weighted by atomic mass is 9.96. The molecule has 1 unspecified atom stereocenters. The molecule has 0 spiro atoms. The highest BCUT2D eigenvalue weighted by Crippen LogP contribution is 2.39. The van der Waals surface area contributed by atoms with E-state index in [4.69, 9.17) is 11.8 Å². The van der Waals surface area contributed by atoms with Crippen LogP contribution in [0.3, 0.4) is 0 Å². The van der Waals surface area contributed by atoms with E-state index in [1.807, 2.05) is 0 Å². The van der Waals surface area contributed by atoms with Crippen molar-refractivity contribution in [3.8, 4) is 0 Å². The molecule has 1 atom stereocenters. The second kappa shape index (κ2) is 6.84. The minimum absolute atomic E-state index is 0.565. The van der Waals surface area contributed by atoms with Crippen molar-refractivity contribution >= 4 is 29.9 Å². The number of aryl methyl sites for hydroxylation is 1. The van der Waals surface area contributed by atoms with Gasteiger partial charge in [0.2, 0.25) is 0 Å². The molecule has 1 aromatic carbocycles. The van der Waals surface area contributed by atoms with Crippen LogP contribution in [0.1, 0.15) is 43.4 Å². The van der Waals surface area contributed by atoms with Gasteiger partial charge in [-0.1, -0.05) is 37.6 Å². The van der Waals surface area contributed by atoms with Gasteiger partial charge in [-0.2, -0.15) is 0 Å². The van der Waals surface area contributed by atoms with Crippen LogP contribution in [0.25, 0.3) is 0 Å². The summed E-state index contributed by atoms with van der Waals surface area (Å²) in [5, 5.41) is 0. The van der Waals surface area contributed by atoms with E-state index in [0.29, 0.717) is 6.04 Å². The van der Waals surface area contributed by atoms with Crippen LogP contribution in [0.2, 0.25) is 0 Å². The Bertz CT molecular complexity index is 366. The molecule has 1 aliphatic rings. The van der Waals surface area contributed by atoms with E-state index < -0.39 is 0 Å². The van der Waals surface area contributed by atoms with Crippen molar-refractivity contribution in [1.82, 2.24) is 4.31 Å². The number of benzene rings is 1. The van der Waals surface area contributed by atoms with Crippen LogP contribution in [0.4, 0.5) is 0 Å². The zero-order valence-corrected chi connectivity index (χ0v) is 12.7. The summed E-state index contributed by atoms with van der Waals surface area (Å²) < 4.78 is 2.47. The molecule has 0 amide bonds. The normalized spacial score (nSPS) is 21.8. The van der Waals surface area contributed by atoms with Gasteiger partial charge in [-0.15, -0.1) is 0 Å². The molecule has 2 rings (SSSR count). The fourth-order valence-electron chi connectivity index (χ4n) is 2.35. The van der Waals surface area contributed by atoms with Gasteiger partial charge in [0.05, 0.1) is 6.56 Å². The van der Waals surface area contributed by atoms with E-state index in [-0.39, 0.29) is 0 Å². The zero-order chi connectivity index (χ0) is 12.1. The van der Waals surface area contributed by atoms with E-state index in [0.717, 1.165) is 13.0 Å². The Morgan fingerprint density at radius 1 is 1.35 bits per heavy atom. The Morgan fingerprint density at radius 3 is 2.76 bits per heavy atom. The summed E-state index contributed by atoms with van der Waals surface area (Å²) in [6.45, 7) is 4.37. The van der Waals surface area contributed by atoms with Crippen LogP contribution in [0.15, 0.2) is 24.3 Å². The number of nitrogens with zero attached hydrogens (tertiary/aromatic N) is 1. The summed E-state index contributed by atoms with van der Waals surface area (Å²) in [6, 6.07) is 9.68. The van der Waals surface area contributed by atoms with Gasteiger partial charge >= 0.3 is 0 Å². The molecule has 0 radical (unpaired) electrons. The van der Waals surface area contributed by atoms with Crippen molar-refractivity contribution in [2.24, 2.45) is 0 Å². The van der Waals surface area contributed by atoms with Crippen molar-refractivity contribution in [2.45, 2.75) is 38.6 Å². The summed E-state index contributed by atoms with van der Waals surface area (Å²) in [5.74, 6) is 0. The molecule has 1 heterocycles. The quantitative estimate of drug-likeness (QED) is 0.580. The maximum atomic E-state index is 5.07. The Kier molecular flexibility index (Phi) is 5.43. The summed E-state index contributed by atoms with van der Waals surface area (Å²) in [5.41, 5.74) is 2.87. The lowest BCUT2D eigenvalue weighted by molar-refractivity contribution is 0.281. The fourth-order valence-corrected chi connectivity index (χ4v) is 4.61. The molecular formula is C13H18NPS2. The van der Waals surface area contributed by atoms with E-state index in [9.17, 15) is 0 Å². The molecule has 17 heavy (non-hydrogen) atoms. The van der Waals surface area contributed by atoms with Crippen LogP contribution < -0.4 is 0 Å². The maximum Gasteiger partial charge on any atom is 0.0600 e. The molecule has 92 valence electrons. The van der Waals surface area contributed by atoms with Crippen LogP contribution in [0.5, 0.6) is 0 Å². The van der Waals surface area contributed by atoms with Crippen LogP contribution >= 0.6 is 18.1 Å². The largest absolute Gasteiger partial charge is 0.235 e. The first-order valence-corrected chi connectivity index (χ1v) is 9.49. The summed E-state index contributed by atoms with van der Waals surface area (Å²) in [4.78, 5) is 0. The molecule has 0 aliphatic carbocycles. The number of piperidine rings is 1. The number of hydrogen-bond acceptors (Lipinski definition) is 3. The second-order valence-corrected chi connectivity index (χ2v) is 7.46. The van der Waals surface area contributed by atoms with Gasteiger partial charge < -0.3 is 0 Å². The summed E-state index contributed by atoms with van der Waals surface area (Å²) >= 11 is 6.85. The SMILES string of the molecule is CCc1ccc(C2CCCCN2SP=S)cc1. The van der Waals surface area contributed by atoms with Crippen molar-refractivity contribution < 1.29 is 0 Å². The molecule has 1 aliphatic heterocycles. The second-order valence-electron chi connectivity index (χ2n) is 4.40. The molecule has 1 nitrogen and oxygen atoms in total. The third-order valence-corrected chi connectivity index (χ3v) is 5.51. The smallest absolute Gasteiger partial charge is 0.0600 e. The molecule has 1 fully saturated rings. The van der Waals surface area contributed by atoms with E-state index in [2.05, 4.69) is 35.5 Å². The van der Waals surface area contributed by atoms with Gasteiger partial charge in [0.25, 0.3) is 0 Å². The Morgan fingerprint density at radius 2 is 2.12 bits per heavy atom. The van der Waals surface area contributed by atoms with E-state index >= 15 is 0 Å². The first-order valence-electron chi connectivity index (χ1n) is 6.20. The van der Waals surface area contributed by atoms with E-state index in [1.165, 1.54) is 36.9 Å². The number of hydrogen-bond donors (Lipinski definition) is 0. The Balaban J connectivity index is 2.14. The monoisotopic (exact) mass is 283 g/mol. The first-order chi connectivity index (χ1) is 8.35.